The number of rotatable bonds is 2. The lowest BCUT2D eigenvalue weighted by Crippen LogP contribution is -1.97. The van der Waals surface area contributed by atoms with Gasteiger partial charge in [-0.05, 0) is 19.1 Å². The molecule has 4 nitrogen and oxygen atoms in total. The van der Waals surface area contributed by atoms with Crippen molar-refractivity contribution in [3.05, 3.63) is 29.9 Å². The highest BCUT2D eigenvalue weighted by Crippen LogP contribution is 2.21. The third-order valence-electron chi connectivity index (χ3n) is 1.82. The molecule has 2 aromatic heterocycles. The number of oxazole rings is 1. The molecule has 0 radical (unpaired) electrons. The van der Waals surface area contributed by atoms with E-state index in [4.69, 9.17) is 14.6 Å². The number of nitrogens with two attached hydrogens (primary N) is 1. The molecule has 4 heteroatoms. The van der Waals surface area contributed by atoms with E-state index >= 15 is 0 Å². The average molecular weight is 178 g/mol. The molecule has 0 unspecified atom stereocenters. The van der Waals surface area contributed by atoms with Crippen molar-refractivity contribution in [2.24, 2.45) is 5.73 Å². The summed E-state index contributed by atoms with van der Waals surface area (Å²) in [5, 5.41) is 0. The summed E-state index contributed by atoms with van der Waals surface area (Å²) in [7, 11) is 0. The largest absolute Gasteiger partial charge is 0.459 e. The molecule has 0 aromatic carbocycles. The van der Waals surface area contributed by atoms with Crippen molar-refractivity contribution in [2.75, 3.05) is 0 Å². The maximum Gasteiger partial charge on any atom is 0.263 e. The van der Waals surface area contributed by atoms with Crippen molar-refractivity contribution in [1.29, 1.82) is 0 Å². The number of aromatic nitrogens is 1. The SMILES string of the molecule is Cc1oc(-c2ccco2)nc1CN. The van der Waals surface area contributed by atoms with Crippen LogP contribution < -0.4 is 5.73 Å². The third kappa shape index (κ3) is 1.36. The summed E-state index contributed by atoms with van der Waals surface area (Å²) in [5.74, 6) is 1.86. The molecule has 68 valence electrons. The van der Waals surface area contributed by atoms with Crippen LogP contribution in [0.2, 0.25) is 0 Å². The normalized spacial score (nSPS) is 10.6. The first-order chi connectivity index (χ1) is 6.31. The summed E-state index contributed by atoms with van der Waals surface area (Å²) in [5.41, 5.74) is 6.23. The number of hydrogen-bond donors (Lipinski definition) is 1. The highest BCUT2D eigenvalue weighted by Gasteiger charge is 2.11. The van der Waals surface area contributed by atoms with Gasteiger partial charge in [0, 0.05) is 6.54 Å². The summed E-state index contributed by atoms with van der Waals surface area (Å²) in [4.78, 5) is 4.19. The molecule has 0 bridgehead atoms. The van der Waals surface area contributed by atoms with Gasteiger partial charge >= 0.3 is 0 Å². The van der Waals surface area contributed by atoms with Crippen LogP contribution in [0.5, 0.6) is 0 Å². The molecule has 2 heterocycles. The number of furan rings is 1. The third-order valence-corrected chi connectivity index (χ3v) is 1.82. The predicted octanol–water partition coefficient (Wildman–Crippen LogP) is 1.70. The van der Waals surface area contributed by atoms with Gasteiger partial charge in [-0.1, -0.05) is 0 Å². The second-order valence-corrected chi connectivity index (χ2v) is 2.70. The van der Waals surface area contributed by atoms with E-state index in [1.807, 2.05) is 6.92 Å². The molecule has 0 atom stereocenters. The fourth-order valence-electron chi connectivity index (χ4n) is 1.12. The molecule has 2 aromatic rings. The molecule has 0 amide bonds. The average Bonchev–Trinajstić information content (AvgIpc) is 2.71. The van der Waals surface area contributed by atoms with Crippen LogP contribution in [0.15, 0.2) is 27.2 Å². The Kier molecular flexibility index (Phi) is 1.90. The van der Waals surface area contributed by atoms with Crippen molar-refractivity contribution in [3.63, 3.8) is 0 Å². The van der Waals surface area contributed by atoms with Gasteiger partial charge in [0.2, 0.25) is 0 Å². The van der Waals surface area contributed by atoms with Crippen molar-refractivity contribution < 1.29 is 8.83 Å². The zero-order valence-electron chi connectivity index (χ0n) is 7.28. The van der Waals surface area contributed by atoms with Gasteiger partial charge in [0.05, 0.1) is 12.0 Å². The second kappa shape index (κ2) is 3.06. The Hall–Kier alpha value is -1.55. The topological polar surface area (TPSA) is 65.2 Å². The Bertz CT molecular complexity index is 390. The Morgan fingerprint density at radius 1 is 1.54 bits per heavy atom. The second-order valence-electron chi connectivity index (χ2n) is 2.70. The molecule has 0 aliphatic carbocycles. The molecular weight excluding hydrogens is 168 g/mol. The zero-order valence-corrected chi connectivity index (χ0v) is 7.28. The molecule has 0 aliphatic heterocycles. The van der Waals surface area contributed by atoms with Gasteiger partial charge in [-0.25, -0.2) is 4.98 Å². The Morgan fingerprint density at radius 2 is 2.38 bits per heavy atom. The van der Waals surface area contributed by atoms with Gasteiger partial charge < -0.3 is 14.6 Å². The minimum atomic E-state index is 0.385. The monoisotopic (exact) mass is 178 g/mol. The molecule has 0 saturated carbocycles. The first-order valence-electron chi connectivity index (χ1n) is 4.01. The molecule has 2 N–H and O–H groups in total. The Labute approximate surface area is 75.4 Å². The predicted molar refractivity (Wildman–Crippen MR) is 46.8 cm³/mol. The van der Waals surface area contributed by atoms with Gasteiger partial charge in [0.25, 0.3) is 5.89 Å². The van der Waals surface area contributed by atoms with E-state index in [9.17, 15) is 0 Å². The van der Waals surface area contributed by atoms with E-state index in [2.05, 4.69) is 4.98 Å². The molecule has 2 rings (SSSR count). The summed E-state index contributed by atoms with van der Waals surface area (Å²) in [6.07, 6.45) is 1.58. The minimum Gasteiger partial charge on any atom is -0.459 e. The lowest BCUT2D eigenvalue weighted by Gasteiger charge is -1.84. The van der Waals surface area contributed by atoms with Crippen LogP contribution >= 0.6 is 0 Å². The summed E-state index contributed by atoms with van der Waals surface area (Å²) in [6, 6.07) is 3.59. The van der Waals surface area contributed by atoms with Crippen LogP contribution in [0, 0.1) is 6.92 Å². The zero-order chi connectivity index (χ0) is 9.26. The highest BCUT2D eigenvalue weighted by molar-refractivity contribution is 5.44. The molecule has 0 spiro atoms. The van der Waals surface area contributed by atoms with Gasteiger partial charge in [-0.15, -0.1) is 0 Å². The molecule has 0 saturated heterocycles. The standard InChI is InChI=1S/C9H10N2O2/c1-6-7(5-10)11-9(13-6)8-3-2-4-12-8/h2-4H,5,10H2,1H3. The molecule has 0 aliphatic rings. The highest BCUT2D eigenvalue weighted by atomic mass is 16.4. The van der Waals surface area contributed by atoms with Crippen LogP contribution in [0.1, 0.15) is 11.5 Å². The Morgan fingerprint density at radius 3 is 2.92 bits per heavy atom. The fourth-order valence-corrected chi connectivity index (χ4v) is 1.12. The van der Waals surface area contributed by atoms with E-state index in [0.717, 1.165) is 11.5 Å². The van der Waals surface area contributed by atoms with E-state index in [1.54, 1.807) is 18.4 Å². The van der Waals surface area contributed by atoms with Gasteiger partial charge in [0.15, 0.2) is 5.76 Å². The summed E-state index contributed by atoms with van der Waals surface area (Å²) >= 11 is 0. The van der Waals surface area contributed by atoms with Crippen LogP contribution in [-0.4, -0.2) is 4.98 Å². The van der Waals surface area contributed by atoms with Crippen LogP contribution in [0.3, 0.4) is 0 Å². The maximum atomic E-state index is 5.46. The van der Waals surface area contributed by atoms with Crippen LogP contribution in [0.25, 0.3) is 11.7 Å². The minimum absolute atomic E-state index is 0.385. The Balaban J connectivity index is 2.43. The van der Waals surface area contributed by atoms with Crippen molar-refractivity contribution in [1.82, 2.24) is 4.98 Å². The summed E-state index contributed by atoms with van der Waals surface area (Å²) < 4.78 is 10.5. The molecular formula is C9H10N2O2. The van der Waals surface area contributed by atoms with E-state index < -0.39 is 0 Å². The molecule has 13 heavy (non-hydrogen) atoms. The number of hydrogen-bond acceptors (Lipinski definition) is 4. The van der Waals surface area contributed by atoms with Crippen LogP contribution in [0.4, 0.5) is 0 Å². The molecule has 0 fully saturated rings. The first-order valence-corrected chi connectivity index (χ1v) is 4.01. The quantitative estimate of drug-likeness (QED) is 0.760. The van der Waals surface area contributed by atoms with Gasteiger partial charge in [-0.2, -0.15) is 0 Å². The van der Waals surface area contributed by atoms with E-state index in [0.29, 0.717) is 18.2 Å². The van der Waals surface area contributed by atoms with Crippen LogP contribution in [-0.2, 0) is 6.54 Å². The lowest BCUT2D eigenvalue weighted by atomic mass is 10.4. The maximum absolute atomic E-state index is 5.46. The smallest absolute Gasteiger partial charge is 0.263 e. The van der Waals surface area contributed by atoms with Gasteiger partial charge in [0.1, 0.15) is 5.76 Å². The van der Waals surface area contributed by atoms with Crippen molar-refractivity contribution >= 4 is 0 Å². The summed E-state index contributed by atoms with van der Waals surface area (Å²) in [6.45, 7) is 2.22. The van der Waals surface area contributed by atoms with Crippen molar-refractivity contribution in [3.8, 4) is 11.7 Å². The van der Waals surface area contributed by atoms with E-state index in [-0.39, 0.29) is 0 Å². The lowest BCUT2D eigenvalue weighted by molar-refractivity contribution is 0.499. The fraction of sp³-hybridized carbons (Fsp3) is 0.222. The van der Waals surface area contributed by atoms with Crippen molar-refractivity contribution in [2.45, 2.75) is 13.5 Å². The van der Waals surface area contributed by atoms with Gasteiger partial charge in [-0.3, -0.25) is 0 Å². The number of nitrogens with zero attached hydrogens (tertiary/aromatic N) is 1. The first kappa shape index (κ1) is 8.07. The number of aryl methyl sites for hydroxylation is 1. The van der Waals surface area contributed by atoms with E-state index in [1.165, 1.54) is 0 Å².